The zero-order valence-electron chi connectivity index (χ0n) is 11.6. The van der Waals surface area contributed by atoms with Gasteiger partial charge in [0.15, 0.2) is 6.61 Å². The van der Waals surface area contributed by atoms with E-state index in [-0.39, 0.29) is 18.3 Å². The first kappa shape index (κ1) is 14.1. The van der Waals surface area contributed by atoms with Crippen molar-refractivity contribution in [3.05, 3.63) is 53.5 Å². The largest absolute Gasteiger partial charge is 0.472 e. The average Bonchev–Trinajstić information content (AvgIpc) is 3.05. The maximum atomic E-state index is 12.2. The first-order chi connectivity index (χ1) is 10.6. The van der Waals surface area contributed by atoms with E-state index in [1.807, 2.05) is 0 Å². The molecule has 1 aromatic heterocycles. The van der Waals surface area contributed by atoms with E-state index in [1.54, 1.807) is 18.2 Å². The Morgan fingerprint density at radius 1 is 1.23 bits per heavy atom. The molecule has 112 valence electrons. The van der Waals surface area contributed by atoms with Gasteiger partial charge in [0.05, 0.1) is 17.4 Å². The molecule has 0 saturated heterocycles. The summed E-state index contributed by atoms with van der Waals surface area (Å²) in [7, 11) is 0. The number of esters is 1. The zero-order valence-corrected chi connectivity index (χ0v) is 11.6. The van der Waals surface area contributed by atoms with Gasteiger partial charge in [-0.1, -0.05) is 6.07 Å². The van der Waals surface area contributed by atoms with Gasteiger partial charge in [0.25, 0.3) is 0 Å². The van der Waals surface area contributed by atoms with Crippen LogP contribution in [0.4, 0.5) is 5.69 Å². The monoisotopic (exact) mass is 299 g/mol. The van der Waals surface area contributed by atoms with E-state index in [0.717, 1.165) is 5.56 Å². The van der Waals surface area contributed by atoms with Crippen molar-refractivity contribution in [1.29, 1.82) is 0 Å². The molecule has 2 aromatic rings. The Bertz CT molecular complexity index is 733. The van der Waals surface area contributed by atoms with Crippen molar-refractivity contribution < 1.29 is 23.5 Å². The minimum absolute atomic E-state index is 0.0758. The summed E-state index contributed by atoms with van der Waals surface area (Å²) in [5.74, 6) is -0.988. The minimum Gasteiger partial charge on any atom is -0.472 e. The molecule has 0 unspecified atom stereocenters. The third-order valence-electron chi connectivity index (χ3n) is 3.45. The van der Waals surface area contributed by atoms with Crippen LogP contribution in [0.15, 0.2) is 41.2 Å². The summed E-state index contributed by atoms with van der Waals surface area (Å²) in [6, 6.07) is 6.54. The van der Waals surface area contributed by atoms with E-state index in [2.05, 4.69) is 5.32 Å². The molecule has 1 aliphatic heterocycles. The summed E-state index contributed by atoms with van der Waals surface area (Å²) in [5, 5.41) is 2.72. The molecule has 3 rings (SSSR count). The molecule has 0 saturated carbocycles. The summed E-state index contributed by atoms with van der Waals surface area (Å²) in [6.07, 6.45) is 3.48. The van der Waals surface area contributed by atoms with Crippen LogP contribution in [0.25, 0.3) is 0 Å². The van der Waals surface area contributed by atoms with E-state index >= 15 is 0 Å². The lowest BCUT2D eigenvalue weighted by Gasteiger charge is -2.19. The van der Waals surface area contributed by atoms with Crippen LogP contribution in [0.3, 0.4) is 0 Å². The van der Waals surface area contributed by atoms with Gasteiger partial charge >= 0.3 is 5.97 Å². The van der Waals surface area contributed by atoms with Crippen molar-refractivity contribution in [3.63, 3.8) is 0 Å². The number of hydrogen-bond donors (Lipinski definition) is 1. The molecule has 2 heterocycles. The van der Waals surface area contributed by atoms with Crippen LogP contribution in [0, 0.1) is 0 Å². The SMILES string of the molecule is O=C1CCc2c(cccc2C(=O)OCC(=O)c2ccoc2)N1. The number of hydrogen-bond acceptors (Lipinski definition) is 5. The van der Waals surface area contributed by atoms with Gasteiger partial charge in [-0.2, -0.15) is 0 Å². The van der Waals surface area contributed by atoms with E-state index in [0.29, 0.717) is 29.7 Å². The molecule has 0 spiro atoms. The van der Waals surface area contributed by atoms with Crippen LogP contribution in [-0.4, -0.2) is 24.3 Å². The lowest BCUT2D eigenvalue weighted by molar-refractivity contribution is -0.116. The number of ether oxygens (including phenoxy) is 1. The van der Waals surface area contributed by atoms with Crippen LogP contribution >= 0.6 is 0 Å². The summed E-state index contributed by atoms with van der Waals surface area (Å²) in [5.41, 5.74) is 2.09. The lowest BCUT2D eigenvalue weighted by atomic mass is 9.97. The minimum atomic E-state index is -0.579. The topological polar surface area (TPSA) is 85.6 Å². The highest BCUT2D eigenvalue weighted by molar-refractivity contribution is 6.01. The predicted molar refractivity (Wildman–Crippen MR) is 76.7 cm³/mol. The van der Waals surface area contributed by atoms with Crippen LogP contribution in [0.2, 0.25) is 0 Å². The molecule has 1 amide bonds. The number of amides is 1. The number of ketones is 1. The van der Waals surface area contributed by atoms with Crippen LogP contribution in [0.5, 0.6) is 0 Å². The molecule has 6 nitrogen and oxygen atoms in total. The Balaban J connectivity index is 1.72. The fourth-order valence-corrected chi connectivity index (χ4v) is 2.33. The molecule has 0 aliphatic carbocycles. The molecule has 6 heteroatoms. The number of fused-ring (bicyclic) bond motifs is 1. The number of anilines is 1. The maximum absolute atomic E-state index is 12.2. The first-order valence-electron chi connectivity index (χ1n) is 6.79. The van der Waals surface area contributed by atoms with Crippen molar-refractivity contribution in [1.82, 2.24) is 0 Å². The van der Waals surface area contributed by atoms with E-state index < -0.39 is 5.97 Å². The zero-order chi connectivity index (χ0) is 15.5. The van der Waals surface area contributed by atoms with E-state index in [9.17, 15) is 14.4 Å². The van der Waals surface area contributed by atoms with Gasteiger partial charge < -0.3 is 14.5 Å². The van der Waals surface area contributed by atoms with Gasteiger partial charge in [-0.25, -0.2) is 4.79 Å². The number of benzene rings is 1. The second-order valence-corrected chi connectivity index (χ2v) is 4.89. The van der Waals surface area contributed by atoms with Crippen LogP contribution in [0.1, 0.15) is 32.7 Å². The van der Waals surface area contributed by atoms with Gasteiger partial charge in [0.2, 0.25) is 11.7 Å². The Labute approximate surface area is 126 Å². The Morgan fingerprint density at radius 2 is 2.09 bits per heavy atom. The molecule has 22 heavy (non-hydrogen) atoms. The highest BCUT2D eigenvalue weighted by Gasteiger charge is 2.22. The summed E-state index contributed by atoms with van der Waals surface area (Å²) in [6.45, 7) is -0.353. The highest BCUT2D eigenvalue weighted by Crippen LogP contribution is 2.26. The molecule has 1 N–H and O–H groups in total. The highest BCUT2D eigenvalue weighted by atomic mass is 16.5. The summed E-state index contributed by atoms with van der Waals surface area (Å²) in [4.78, 5) is 35.3. The molecule has 0 atom stereocenters. The van der Waals surface area contributed by atoms with E-state index in [4.69, 9.17) is 9.15 Å². The quantitative estimate of drug-likeness (QED) is 0.691. The standard InChI is InChI=1S/C16H13NO5/c18-14(10-6-7-21-8-10)9-22-16(20)12-2-1-3-13-11(12)4-5-15(19)17-13/h1-3,6-8H,4-5,9H2,(H,17,19). The predicted octanol–water partition coefficient (Wildman–Crippen LogP) is 2.20. The van der Waals surface area contributed by atoms with Crippen molar-refractivity contribution in [2.75, 3.05) is 11.9 Å². The summed E-state index contributed by atoms with van der Waals surface area (Å²) >= 11 is 0. The van der Waals surface area contributed by atoms with Crippen molar-refractivity contribution in [2.45, 2.75) is 12.8 Å². The van der Waals surface area contributed by atoms with Gasteiger partial charge in [0, 0.05) is 12.1 Å². The number of Topliss-reactive ketones (excluding diaryl/α,β-unsaturated/α-hetero) is 1. The number of furan rings is 1. The van der Waals surface area contributed by atoms with E-state index in [1.165, 1.54) is 18.6 Å². The van der Waals surface area contributed by atoms with Gasteiger partial charge in [-0.15, -0.1) is 0 Å². The third-order valence-corrected chi connectivity index (χ3v) is 3.45. The van der Waals surface area contributed by atoms with Gasteiger partial charge in [-0.05, 0) is 30.2 Å². The number of nitrogens with one attached hydrogen (secondary N) is 1. The lowest BCUT2D eigenvalue weighted by Crippen LogP contribution is -2.22. The van der Waals surface area contributed by atoms with Crippen molar-refractivity contribution >= 4 is 23.3 Å². The Morgan fingerprint density at radius 3 is 2.86 bits per heavy atom. The second-order valence-electron chi connectivity index (χ2n) is 4.89. The normalized spacial score (nSPS) is 13.2. The molecule has 0 fully saturated rings. The number of carbonyl (C=O) groups excluding carboxylic acids is 3. The average molecular weight is 299 g/mol. The molecule has 0 radical (unpaired) electrons. The second kappa shape index (κ2) is 5.85. The first-order valence-corrected chi connectivity index (χ1v) is 6.79. The fraction of sp³-hybridized carbons (Fsp3) is 0.188. The number of rotatable bonds is 4. The summed E-state index contributed by atoms with van der Waals surface area (Å²) < 4.78 is 9.87. The van der Waals surface area contributed by atoms with Gasteiger partial charge in [-0.3, -0.25) is 9.59 Å². The number of carbonyl (C=O) groups is 3. The Kier molecular flexibility index (Phi) is 3.74. The Hall–Kier alpha value is -2.89. The maximum Gasteiger partial charge on any atom is 0.338 e. The van der Waals surface area contributed by atoms with Crippen molar-refractivity contribution in [3.8, 4) is 0 Å². The molecule has 1 aromatic carbocycles. The molecule has 1 aliphatic rings. The fourth-order valence-electron chi connectivity index (χ4n) is 2.33. The molecule has 0 bridgehead atoms. The molecular weight excluding hydrogens is 286 g/mol. The third kappa shape index (κ3) is 2.76. The van der Waals surface area contributed by atoms with Crippen LogP contribution in [-0.2, 0) is 16.0 Å². The molecular formula is C16H13NO5. The van der Waals surface area contributed by atoms with Crippen LogP contribution < -0.4 is 5.32 Å². The van der Waals surface area contributed by atoms with Crippen molar-refractivity contribution in [2.24, 2.45) is 0 Å². The van der Waals surface area contributed by atoms with Gasteiger partial charge in [0.1, 0.15) is 6.26 Å². The smallest absolute Gasteiger partial charge is 0.338 e.